The Morgan fingerprint density at radius 1 is 0.333 bits per heavy atom. The topological polar surface area (TPSA) is 43.6 Å². The maximum Gasteiger partial charge on any atom is 0.164 e. The number of thiophene rings is 2. The minimum Gasteiger partial charge on any atom is -0.309 e. The van der Waals surface area contributed by atoms with E-state index in [0.717, 1.165) is 16.7 Å². The normalized spacial score (nSPS) is 11.9. The highest BCUT2D eigenvalue weighted by Gasteiger charge is 2.19. The number of hydrogen-bond donors (Lipinski definition) is 0. The molecule has 0 radical (unpaired) electrons. The van der Waals surface area contributed by atoms with E-state index in [2.05, 4.69) is 126 Å². The average Bonchev–Trinajstić information content (AvgIpc) is 3.96. The lowest BCUT2D eigenvalue weighted by molar-refractivity contribution is 1.07. The molecule has 6 heteroatoms. The van der Waals surface area contributed by atoms with Crippen molar-refractivity contribution >= 4 is 84.8 Å². The van der Waals surface area contributed by atoms with Crippen molar-refractivity contribution in [2.45, 2.75) is 0 Å². The molecule has 57 heavy (non-hydrogen) atoms. The summed E-state index contributed by atoms with van der Waals surface area (Å²) in [6.07, 6.45) is 0. The van der Waals surface area contributed by atoms with E-state index >= 15 is 0 Å². The van der Waals surface area contributed by atoms with Gasteiger partial charge in [-0.05, 0) is 48.5 Å². The van der Waals surface area contributed by atoms with Crippen LogP contribution >= 0.6 is 22.7 Å². The van der Waals surface area contributed by atoms with Gasteiger partial charge in [-0.25, -0.2) is 15.0 Å². The zero-order chi connectivity index (χ0) is 37.5. The van der Waals surface area contributed by atoms with Gasteiger partial charge >= 0.3 is 0 Å². The van der Waals surface area contributed by atoms with Crippen LogP contribution in [0.3, 0.4) is 0 Å². The Kier molecular flexibility index (Phi) is 7.24. The number of aromatic nitrogens is 4. The van der Waals surface area contributed by atoms with Crippen LogP contribution in [0.1, 0.15) is 0 Å². The molecule has 0 aliphatic heterocycles. The summed E-state index contributed by atoms with van der Waals surface area (Å²) in [5.74, 6) is 1.99. The second-order valence-electron chi connectivity index (χ2n) is 14.4. The molecular formula is C51H30N4S2. The summed E-state index contributed by atoms with van der Waals surface area (Å²) in [4.78, 5) is 15.0. The Morgan fingerprint density at radius 3 is 1.35 bits per heavy atom. The SMILES string of the molecule is c1ccc(-c2nc(-c3ccccc3)nc(-c3ccc4sc5c(-c6cccc7c6sc6ccc(-n8c9ccccc9c9ccccc98)cc67)cccc5c4c3)n2)cc1. The lowest BCUT2D eigenvalue weighted by atomic mass is 10.00. The number of para-hydroxylation sites is 2. The minimum atomic E-state index is 0.662. The summed E-state index contributed by atoms with van der Waals surface area (Å²) in [6.45, 7) is 0. The van der Waals surface area contributed by atoms with Crippen LogP contribution in [0.2, 0.25) is 0 Å². The van der Waals surface area contributed by atoms with Gasteiger partial charge in [0, 0.05) is 84.6 Å². The Morgan fingerprint density at radius 2 is 0.789 bits per heavy atom. The lowest BCUT2D eigenvalue weighted by Gasteiger charge is -2.08. The van der Waals surface area contributed by atoms with Gasteiger partial charge in [0.1, 0.15) is 0 Å². The minimum absolute atomic E-state index is 0.662. The van der Waals surface area contributed by atoms with Gasteiger partial charge in [0.2, 0.25) is 0 Å². The highest BCUT2D eigenvalue weighted by atomic mass is 32.1. The molecule has 8 aromatic carbocycles. The molecule has 4 heterocycles. The fourth-order valence-corrected chi connectivity index (χ4v) is 10.8. The number of fused-ring (bicyclic) bond motifs is 9. The number of benzene rings is 8. The van der Waals surface area contributed by atoms with E-state index in [1.807, 2.05) is 83.3 Å². The van der Waals surface area contributed by atoms with E-state index in [0.29, 0.717) is 17.5 Å². The van der Waals surface area contributed by atoms with Crippen LogP contribution in [0.4, 0.5) is 0 Å². The summed E-state index contributed by atoms with van der Waals surface area (Å²) < 4.78 is 7.53. The number of rotatable bonds is 5. The van der Waals surface area contributed by atoms with Gasteiger partial charge in [0.25, 0.3) is 0 Å². The van der Waals surface area contributed by atoms with E-state index in [9.17, 15) is 0 Å². The lowest BCUT2D eigenvalue weighted by Crippen LogP contribution is -2.00. The molecule has 0 aliphatic carbocycles. The van der Waals surface area contributed by atoms with Gasteiger partial charge in [-0.3, -0.25) is 0 Å². The molecular weight excluding hydrogens is 733 g/mol. The third kappa shape index (κ3) is 5.15. The Bertz CT molecular complexity index is 3410. The predicted molar refractivity (Wildman–Crippen MR) is 242 cm³/mol. The molecule has 0 bridgehead atoms. The van der Waals surface area contributed by atoms with E-state index in [-0.39, 0.29) is 0 Å². The van der Waals surface area contributed by atoms with Crippen LogP contribution in [-0.2, 0) is 0 Å². The molecule has 0 unspecified atom stereocenters. The first-order chi connectivity index (χ1) is 28.2. The molecule has 4 nitrogen and oxygen atoms in total. The fraction of sp³-hybridized carbons (Fsp3) is 0. The van der Waals surface area contributed by atoms with E-state index in [1.165, 1.54) is 79.0 Å². The predicted octanol–water partition coefficient (Wildman–Crippen LogP) is 14.4. The molecule has 0 saturated heterocycles. The maximum absolute atomic E-state index is 5.02. The zero-order valence-corrected chi connectivity index (χ0v) is 32.1. The number of nitrogens with zero attached hydrogens (tertiary/aromatic N) is 4. The quantitative estimate of drug-likeness (QED) is 0.175. The first kappa shape index (κ1) is 32.3. The standard InChI is InChI=1S/C51H30N4S2/c1-3-13-31(14-4-1)49-52-50(32-15-5-2-6-16-32)54-51(53-49)33-25-27-45-41(29-33)39-21-11-19-37(47(39)56-45)38-20-12-22-40-42-30-34(26-28-46(42)57-48(38)40)55-43-23-9-7-17-35(43)36-18-8-10-24-44(36)55/h1-30H. The first-order valence-corrected chi connectivity index (χ1v) is 20.7. The van der Waals surface area contributed by atoms with Gasteiger partial charge in [0.15, 0.2) is 17.5 Å². The average molecular weight is 763 g/mol. The third-order valence-electron chi connectivity index (χ3n) is 11.1. The Balaban J connectivity index is 0.999. The highest BCUT2D eigenvalue weighted by molar-refractivity contribution is 7.27. The first-order valence-electron chi connectivity index (χ1n) is 19.0. The maximum atomic E-state index is 5.02. The monoisotopic (exact) mass is 762 g/mol. The molecule has 266 valence electrons. The van der Waals surface area contributed by atoms with E-state index in [1.54, 1.807) is 0 Å². The Hall–Kier alpha value is -6.99. The van der Waals surface area contributed by atoms with E-state index in [4.69, 9.17) is 15.0 Å². The van der Waals surface area contributed by atoms with Crippen LogP contribution in [0.15, 0.2) is 182 Å². The highest BCUT2D eigenvalue weighted by Crippen LogP contribution is 2.46. The van der Waals surface area contributed by atoms with Crippen molar-refractivity contribution in [1.82, 2.24) is 19.5 Å². The fourth-order valence-electron chi connectivity index (χ4n) is 8.43. The van der Waals surface area contributed by atoms with Gasteiger partial charge in [0.05, 0.1) is 11.0 Å². The third-order valence-corrected chi connectivity index (χ3v) is 13.5. The summed E-state index contributed by atoms with van der Waals surface area (Å²) in [5.41, 5.74) is 9.04. The molecule has 0 amide bonds. The Labute approximate surface area is 335 Å². The van der Waals surface area contributed by atoms with Crippen molar-refractivity contribution in [3.63, 3.8) is 0 Å². The number of hydrogen-bond acceptors (Lipinski definition) is 5. The summed E-state index contributed by atoms with van der Waals surface area (Å²) in [6, 6.07) is 64.9. The molecule has 4 aromatic heterocycles. The largest absolute Gasteiger partial charge is 0.309 e. The molecule has 0 spiro atoms. The van der Waals surface area contributed by atoms with Gasteiger partial charge in [-0.1, -0.05) is 133 Å². The van der Waals surface area contributed by atoms with Crippen molar-refractivity contribution in [1.29, 1.82) is 0 Å². The summed E-state index contributed by atoms with van der Waals surface area (Å²) >= 11 is 3.74. The van der Waals surface area contributed by atoms with E-state index < -0.39 is 0 Å². The molecule has 12 aromatic rings. The van der Waals surface area contributed by atoms with Gasteiger partial charge in [-0.15, -0.1) is 22.7 Å². The van der Waals surface area contributed by atoms with Gasteiger partial charge in [-0.2, -0.15) is 0 Å². The molecule has 0 N–H and O–H groups in total. The van der Waals surface area contributed by atoms with Crippen molar-refractivity contribution in [2.75, 3.05) is 0 Å². The van der Waals surface area contributed by atoms with Crippen LogP contribution < -0.4 is 0 Å². The van der Waals surface area contributed by atoms with Crippen LogP contribution in [0.5, 0.6) is 0 Å². The smallest absolute Gasteiger partial charge is 0.164 e. The molecule has 0 saturated carbocycles. The van der Waals surface area contributed by atoms with Crippen LogP contribution in [-0.4, -0.2) is 19.5 Å². The van der Waals surface area contributed by atoms with Crippen LogP contribution in [0, 0.1) is 0 Å². The van der Waals surface area contributed by atoms with Crippen molar-refractivity contribution in [3.05, 3.63) is 182 Å². The molecule has 12 rings (SSSR count). The molecule has 0 aliphatic rings. The molecule has 0 fully saturated rings. The summed E-state index contributed by atoms with van der Waals surface area (Å²) in [5, 5.41) is 7.56. The van der Waals surface area contributed by atoms with Crippen molar-refractivity contribution in [3.8, 4) is 51.0 Å². The van der Waals surface area contributed by atoms with Crippen molar-refractivity contribution in [2.24, 2.45) is 0 Å². The van der Waals surface area contributed by atoms with Gasteiger partial charge < -0.3 is 4.57 Å². The second-order valence-corrected chi connectivity index (χ2v) is 16.5. The zero-order valence-electron chi connectivity index (χ0n) is 30.4. The van der Waals surface area contributed by atoms with Crippen molar-refractivity contribution < 1.29 is 0 Å². The van der Waals surface area contributed by atoms with Crippen LogP contribution in [0.25, 0.3) is 113 Å². The second kappa shape index (κ2) is 12.8. The summed E-state index contributed by atoms with van der Waals surface area (Å²) in [7, 11) is 0. The molecule has 0 atom stereocenters.